The van der Waals surface area contributed by atoms with Gasteiger partial charge in [-0.3, -0.25) is 0 Å². The second-order valence-electron chi connectivity index (χ2n) is 3.48. The molecule has 2 aromatic rings. The largest absolute Gasteiger partial charge is 0.478 e. The molecule has 1 N–H and O–H groups in total. The highest BCUT2D eigenvalue weighted by Crippen LogP contribution is 2.26. The Hall–Kier alpha value is -1.55. The van der Waals surface area contributed by atoms with E-state index in [1.807, 2.05) is 35.9 Å². The third-order valence-corrected chi connectivity index (χ3v) is 3.08. The molecule has 2 rings (SSSR count). The molecule has 0 radical (unpaired) electrons. The van der Waals surface area contributed by atoms with Crippen LogP contribution in [-0.4, -0.2) is 15.6 Å². The molecule has 0 saturated carbocycles. The molecule has 1 aromatic carbocycles. The number of fused-ring (bicyclic) bond motifs is 1. The molecule has 4 heteroatoms. The van der Waals surface area contributed by atoms with Gasteiger partial charge < -0.3 is 9.67 Å². The van der Waals surface area contributed by atoms with E-state index in [9.17, 15) is 4.79 Å². The number of hydrogen-bond acceptors (Lipinski definition) is 1. The quantitative estimate of drug-likeness (QED) is 0.859. The predicted octanol–water partition coefficient (Wildman–Crippen LogP) is 3.04. The lowest BCUT2D eigenvalue weighted by molar-refractivity contribution is -0.131. The lowest BCUT2D eigenvalue weighted by Crippen LogP contribution is -1.92. The third-order valence-electron chi connectivity index (χ3n) is 2.44. The topological polar surface area (TPSA) is 42.2 Å². The minimum absolute atomic E-state index is 0.865. The highest BCUT2D eigenvalue weighted by Gasteiger charge is 2.06. The molecule has 0 fully saturated rings. The summed E-state index contributed by atoms with van der Waals surface area (Å²) in [5.74, 6) is -0.940. The first-order chi connectivity index (χ1) is 7.59. The number of carbonyl (C=O) groups is 1. The van der Waals surface area contributed by atoms with Gasteiger partial charge in [0, 0.05) is 28.7 Å². The SMILES string of the molecule is Cn1c(/C=C/C(=O)O)cc2cccc(Br)c21. The molecule has 0 aliphatic carbocycles. The summed E-state index contributed by atoms with van der Waals surface area (Å²) in [7, 11) is 1.91. The number of hydrogen-bond donors (Lipinski definition) is 1. The molecule has 0 unspecified atom stereocenters. The zero-order valence-corrected chi connectivity index (χ0v) is 10.2. The number of rotatable bonds is 2. The van der Waals surface area contributed by atoms with Gasteiger partial charge in [-0.25, -0.2) is 4.79 Å². The maximum Gasteiger partial charge on any atom is 0.328 e. The van der Waals surface area contributed by atoms with Crippen LogP contribution < -0.4 is 0 Å². The number of aliphatic carboxylic acids is 1. The summed E-state index contributed by atoms with van der Waals surface area (Å²) >= 11 is 3.48. The number of carboxylic acid groups (broad SMARTS) is 1. The van der Waals surface area contributed by atoms with Crippen molar-refractivity contribution in [2.45, 2.75) is 0 Å². The second-order valence-corrected chi connectivity index (χ2v) is 4.33. The lowest BCUT2D eigenvalue weighted by Gasteiger charge is -2.00. The van der Waals surface area contributed by atoms with Gasteiger partial charge in [0.1, 0.15) is 0 Å². The van der Waals surface area contributed by atoms with E-state index in [1.165, 1.54) is 0 Å². The lowest BCUT2D eigenvalue weighted by atomic mass is 10.2. The van der Waals surface area contributed by atoms with Crippen LogP contribution in [-0.2, 0) is 11.8 Å². The van der Waals surface area contributed by atoms with Crippen molar-refractivity contribution in [3.63, 3.8) is 0 Å². The normalized spacial score (nSPS) is 11.4. The number of carboxylic acids is 1. The van der Waals surface area contributed by atoms with Gasteiger partial charge in [0.2, 0.25) is 0 Å². The van der Waals surface area contributed by atoms with Gasteiger partial charge >= 0.3 is 5.97 Å². The van der Waals surface area contributed by atoms with Gasteiger partial charge in [0.25, 0.3) is 0 Å². The first-order valence-corrected chi connectivity index (χ1v) is 5.54. The Morgan fingerprint density at radius 3 is 2.88 bits per heavy atom. The second kappa shape index (κ2) is 4.14. The molecule has 82 valence electrons. The van der Waals surface area contributed by atoms with Gasteiger partial charge in [0.05, 0.1) is 5.52 Å². The van der Waals surface area contributed by atoms with E-state index in [-0.39, 0.29) is 0 Å². The summed E-state index contributed by atoms with van der Waals surface area (Å²) in [5.41, 5.74) is 1.93. The summed E-state index contributed by atoms with van der Waals surface area (Å²) < 4.78 is 2.96. The maximum atomic E-state index is 10.5. The Morgan fingerprint density at radius 2 is 2.25 bits per heavy atom. The van der Waals surface area contributed by atoms with Crippen LogP contribution in [0.4, 0.5) is 0 Å². The van der Waals surface area contributed by atoms with Crippen molar-refractivity contribution in [3.8, 4) is 0 Å². The van der Waals surface area contributed by atoms with Gasteiger partial charge in [-0.05, 0) is 34.1 Å². The average Bonchev–Trinajstić information content (AvgIpc) is 2.54. The Kier molecular flexibility index (Phi) is 2.83. The van der Waals surface area contributed by atoms with Crippen LogP contribution >= 0.6 is 15.9 Å². The molecular weight excluding hydrogens is 270 g/mol. The minimum atomic E-state index is -0.940. The molecule has 16 heavy (non-hydrogen) atoms. The summed E-state index contributed by atoms with van der Waals surface area (Å²) in [6, 6.07) is 7.88. The van der Waals surface area contributed by atoms with E-state index in [0.717, 1.165) is 27.1 Å². The molecule has 0 bridgehead atoms. The van der Waals surface area contributed by atoms with E-state index in [2.05, 4.69) is 15.9 Å². The number of halogens is 1. The molecule has 1 aromatic heterocycles. The van der Waals surface area contributed by atoms with Crippen molar-refractivity contribution in [1.29, 1.82) is 0 Å². The van der Waals surface area contributed by atoms with E-state index in [1.54, 1.807) is 6.08 Å². The minimum Gasteiger partial charge on any atom is -0.478 e. The zero-order chi connectivity index (χ0) is 11.7. The van der Waals surface area contributed by atoms with Crippen LogP contribution in [0.5, 0.6) is 0 Å². The predicted molar refractivity (Wildman–Crippen MR) is 67.3 cm³/mol. The van der Waals surface area contributed by atoms with E-state index in [4.69, 9.17) is 5.11 Å². The van der Waals surface area contributed by atoms with Crippen LogP contribution in [0.25, 0.3) is 17.0 Å². The maximum absolute atomic E-state index is 10.5. The van der Waals surface area contributed by atoms with Gasteiger partial charge in [-0.1, -0.05) is 12.1 Å². The number of aryl methyl sites for hydroxylation is 1. The summed E-state index contributed by atoms with van der Waals surface area (Å²) in [5, 5.41) is 9.67. The Morgan fingerprint density at radius 1 is 1.50 bits per heavy atom. The van der Waals surface area contributed by atoms with Crippen molar-refractivity contribution in [3.05, 3.63) is 40.5 Å². The molecule has 0 saturated heterocycles. The van der Waals surface area contributed by atoms with Crippen molar-refractivity contribution in [1.82, 2.24) is 4.57 Å². The molecule has 0 atom stereocenters. The molecule has 0 spiro atoms. The monoisotopic (exact) mass is 279 g/mol. The molecule has 3 nitrogen and oxygen atoms in total. The smallest absolute Gasteiger partial charge is 0.328 e. The molecule has 1 heterocycles. The Labute approximate surface area is 101 Å². The highest BCUT2D eigenvalue weighted by atomic mass is 79.9. The molecular formula is C12H10BrNO2. The number of aromatic nitrogens is 1. The van der Waals surface area contributed by atoms with Crippen molar-refractivity contribution in [2.24, 2.45) is 7.05 Å². The van der Waals surface area contributed by atoms with Crippen LogP contribution in [0.2, 0.25) is 0 Å². The summed E-state index contributed by atoms with van der Waals surface area (Å²) in [6.45, 7) is 0. The highest BCUT2D eigenvalue weighted by molar-refractivity contribution is 9.10. The standard InChI is InChI=1S/C12H10BrNO2/c1-14-9(5-6-11(15)16)7-8-3-2-4-10(13)12(8)14/h2-7H,1H3,(H,15,16)/b6-5+. The van der Waals surface area contributed by atoms with Gasteiger partial charge in [0.15, 0.2) is 0 Å². The number of nitrogens with zero attached hydrogens (tertiary/aromatic N) is 1. The van der Waals surface area contributed by atoms with E-state index < -0.39 is 5.97 Å². The first-order valence-electron chi connectivity index (χ1n) is 4.74. The Balaban J connectivity index is 2.61. The van der Waals surface area contributed by atoms with Crippen LogP contribution in [0.3, 0.4) is 0 Å². The molecule has 0 aliphatic heterocycles. The van der Waals surface area contributed by atoms with Crippen LogP contribution in [0.1, 0.15) is 5.69 Å². The van der Waals surface area contributed by atoms with Gasteiger partial charge in [-0.15, -0.1) is 0 Å². The van der Waals surface area contributed by atoms with Crippen LogP contribution in [0, 0.1) is 0 Å². The van der Waals surface area contributed by atoms with E-state index >= 15 is 0 Å². The third kappa shape index (κ3) is 1.88. The average molecular weight is 280 g/mol. The summed E-state index contributed by atoms with van der Waals surface area (Å²) in [4.78, 5) is 10.5. The zero-order valence-electron chi connectivity index (χ0n) is 8.64. The van der Waals surface area contributed by atoms with Gasteiger partial charge in [-0.2, -0.15) is 0 Å². The Bertz CT molecular complexity index is 584. The van der Waals surface area contributed by atoms with Crippen molar-refractivity contribution in [2.75, 3.05) is 0 Å². The fourth-order valence-corrected chi connectivity index (χ4v) is 2.35. The van der Waals surface area contributed by atoms with Crippen LogP contribution in [0.15, 0.2) is 34.8 Å². The van der Waals surface area contributed by atoms with E-state index in [0.29, 0.717) is 0 Å². The fraction of sp³-hybridized carbons (Fsp3) is 0.0833. The number of benzene rings is 1. The fourth-order valence-electron chi connectivity index (χ4n) is 1.70. The molecule has 0 aliphatic rings. The summed E-state index contributed by atoms with van der Waals surface area (Å²) in [6.07, 6.45) is 2.73. The number of para-hydroxylation sites is 1. The van der Waals surface area contributed by atoms with Crippen molar-refractivity contribution >= 4 is 38.9 Å². The molecule has 0 amide bonds. The first kappa shape index (κ1) is 11.0. The van der Waals surface area contributed by atoms with Crippen molar-refractivity contribution < 1.29 is 9.90 Å².